The zero-order chi connectivity index (χ0) is 13.1. The number of methoxy groups -OCH3 is 1. The number of hydrogen-bond donors (Lipinski definition) is 0. The monoisotopic (exact) mass is 250 g/mol. The van der Waals surface area contributed by atoms with Crippen molar-refractivity contribution in [2.75, 3.05) is 27.4 Å². The van der Waals surface area contributed by atoms with Crippen molar-refractivity contribution in [2.45, 2.75) is 6.42 Å². The number of hydrogen-bond acceptors (Lipinski definition) is 4. The summed E-state index contributed by atoms with van der Waals surface area (Å²) in [6.45, 7) is 1.51. The first kappa shape index (κ1) is 12.9. The van der Waals surface area contributed by atoms with Crippen molar-refractivity contribution in [3.63, 3.8) is 0 Å². The molecule has 0 atom stereocenters. The summed E-state index contributed by atoms with van der Waals surface area (Å²) in [5, 5.41) is 0. The van der Waals surface area contributed by atoms with Crippen LogP contribution < -0.4 is 5.76 Å². The molecule has 0 unspecified atom stereocenters. The maximum atomic E-state index is 11.4. The summed E-state index contributed by atoms with van der Waals surface area (Å²) in [4.78, 5) is 13.5. The molecule has 0 aliphatic carbocycles. The van der Waals surface area contributed by atoms with Crippen LogP contribution in [0.4, 0.5) is 0 Å². The lowest BCUT2D eigenvalue weighted by Crippen LogP contribution is -2.23. The molecule has 1 aromatic carbocycles. The predicted molar refractivity (Wildman–Crippen MR) is 69.7 cm³/mol. The van der Waals surface area contributed by atoms with E-state index in [4.69, 9.17) is 9.15 Å². The van der Waals surface area contributed by atoms with Gasteiger partial charge in [-0.05, 0) is 31.2 Å². The van der Waals surface area contributed by atoms with Gasteiger partial charge < -0.3 is 9.15 Å². The van der Waals surface area contributed by atoms with Crippen molar-refractivity contribution in [1.29, 1.82) is 0 Å². The molecule has 0 saturated carbocycles. The number of fused-ring (bicyclic) bond motifs is 1. The molecule has 2 aromatic rings. The van der Waals surface area contributed by atoms with Crippen molar-refractivity contribution in [3.8, 4) is 0 Å². The second kappa shape index (κ2) is 5.37. The van der Waals surface area contributed by atoms with Crippen LogP contribution in [0.25, 0.3) is 11.1 Å². The molecule has 5 nitrogen and oxygen atoms in total. The van der Waals surface area contributed by atoms with Crippen molar-refractivity contribution in [3.05, 3.63) is 34.3 Å². The van der Waals surface area contributed by atoms with Crippen LogP contribution in [0, 0.1) is 0 Å². The summed E-state index contributed by atoms with van der Waals surface area (Å²) in [6.07, 6.45) is 0.897. The fraction of sp³-hybridized carbons (Fsp3) is 0.462. The Morgan fingerprint density at radius 3 is 2.94 bits per heavy atom. The fourth-order valence-corrected chi connectivity index (χ4v) is 1.94. The summed E-state index contributed by atoms with van der Waals surface area (Å²) in [5.41, 5.74) is 2.63. The topological polar surface area (TPSA) is 47.6 Å². The van der Waals surface area contributed by atoms with Crippen LogP contribution in [-0.2, 0) is 18.2 Å². The van der Waals surface area contributed by atoms with Gasteiger partial charge in [0, 0.05) is 20.7 Å². The van der Waals surface area contributed by atoms with Gasteiger partial charge in [-0.1, -0.05) is 6.07 Å². The molecule has 5 heteroatoms. The molecule has 0 amide bonds. The SMILES string of the molecule is COCN(C)CCc1ccc2c(c1)oc(=O)n2C. The third-order valence-electron chi connectivity index (χ3n) is 2.99. The zero-order valence-corrected chi connectivity index (χ0v) is 11.0. The average molecular weight is 250 g/mol. The number of ether oxygens (including phenoxy) is 1. The van der Waals surface area contributed by atoms with Gasteiger partial charge in [-0.15, -0.1) is 0 Å². The number of likely N-dealkylation sites (N-methyl/N-ethyl adjacent to an activating group) is 1. The lowest BCUT2D eigenvalue weighted by atomic mass is 10.1. The van der Waals surface area contributed by atoms with E-state index in [2.05, 4.69) is 4.90 Å². The number of benzene rings is 1. The summed E-state index contributed by atoms with van der Waals surface area (Å²) >= 11 is 0. The second-order valence-corrected chi connectivity index (χ2v) is 4.48. The molecule has 1 aromatic heterocycles. The molecular formula is C13H18N2O3. The number of nitrogens with zero attached hydrogens (tertiary/aromatic N) is 2. The van der Waals surface area contributed by atoms with Gasteiger partial charge in [0.1, 0.15) is 0 Å². The standard InChI is InChI=1S/C13H18N2O3/c1-14(9-17-3)7-6-10-4-5-11-12(8-10)18-13(16)15(11)2/h4-5,8H,6-7,9H2,1-3H3. The van der Waals surface area contributed by atoms with E-state index in [9.17, 15) is 4.79 Å². The molecule has 0 saturated heterocycles. The minimum atomic E-state index is -0.321. The number of rotatable bonds is 5. The van der Waals surface area contributed by atoms with E-state index in [0.717, 1.165) is 24.0 Å². The summed E-state index contributed by atoms with van der Waals surface area (Å²) in [5.74, 6) is -0.321. The van der Waals surface area contributed by atoms with Gasteiger partial charge in [0.25, 0.3) is 0 Å². The molecule has 0 bridgehead atoms. The van der Waals surface area contributed by atoms with E-state index in [1.54, 1.807) is 14.2 Å². The lowest BCUT2D eigenvalue weighted by molar-refractivity contribution is 0.0827. The number of aromatic nitrogens is 1. The Labute approximate surface area is 106 Å². The molecule has 98 valence electrons. The second-order valence-electron chi connectivity index (χ2n) is 4.48. The van der Waals surface area contributed by atoms with Gasteiger partial charge in [0.05, 0.1) is 12.2 Å². The summed E-state index contributed by atoms with van der Waals surface area (Å²) in [7, 11) is 5.39. The average Bonchev–Trinajstić information content (AvgIpc) is 2.63. The van der Waals surface area contributed by atoms with Crippen LogP contribution >= 0.6 is 0 Å². The van der Waals surface area contributed by atoms with Crippen LogP contribution in [0.15, 0.2) is 27.4 Å². The van der Waals surface area contributed by atoms with Crippen LogP contribution in [-0.4, -0.2) is 36.9 Å². The van der Waals surface area contributed by atoms with E-state index < -0.39 is 0 Å². The summed E-state index contributed by atoms with van der Waals surface area (Å²) in [6, 6.07) is 5.88. The molecule has 2 rings (SSSR count). The maximum absolute atomic E-state index is 11.4. The molecule has 0 fully saturated rings. The molecule has 0 aliphatic rings. The quantitative estimate of drug-likeness (QED) is 0.748. The van der Waals surface area contributed by atoms with E-state index in [1.165, 1.54) is 4.57 Å². The Bertz CT molecular complexity index is 585. The Balaban J connectivity index is 2.13. The van der Waals surface area contributed by atoms with Crippen LogP contribution in [0.3, 0.4) is 0 Å². The largest absolute Gasteiger partial charge is 0.419 e. The van der Waals surface area contributed by atoms with Gasteiger partial charge in [0.15, 0.2) is 5.58 Å². The zero-order valence-electron chi connectivity index (χ0n) is 11.0. The number of oxazole rings is 1. The van der Waals surface area contributed by atoms with Gasteiger partial charge in [-0.2, -0.15) is 0 Å². The Kier molecular flexibility index (Phi) is 3.84. The van der Waals surface area contributed by atoms with Crippen molar-refractivity contribution < 1.29 is 9.15 Å². The Morgan fingerprint density at radius 2 is 2.22 bits per heavy atom. The van der Waals surface area contributed by atoms with E-state index in [0.29, 0.717) is 12.3 Å². The van der Waals surface area contributed by atoms with E-state index in [1.807, 2.05) is 25.2 Å². The first-order valence-corrected chi connectivity index (χ1v) is 5.87. The van der Waals surface area contributed by atoms with Gasteiger partial charge in [-0.25, -0.2) is 4.79 Å². The Hall–Kier alpha value is -1.59. The summed E-state index contributed by atoms with van der Waals surface area (Å²) < 4.78 is 11.7. The lowest BCUT2D eigenvalue weighted by Gasteiger charge is -2.14. The molecule has 18 heavy (non-hydrogen) atoms. The van der Waals surface area contributed by atoms with Crippen molar-refractivity contribution >= 4 is 11.1 Å². The normalized spacial score (nSPS) is 11.6. The fourth-order valence-electron chi connectivity index (χ4n) is 1.94. The smallest absolute Gasteiger partial charge is 0.408 e. The van der Waals surface area contributed by atoms with Crippen LogP contribution in [0.1, 0.15) is 5.56 Å². The van der Waals surface area contributed by atoms with Gasteiger partial charge >= 0.3 is 5.76 Å². The highest BCUT2D eigenvalue weighted by atomic mass is 16.5. The molecular weight excluding hydrogens is 232 g/mol. The molecule has 0 N–H and O–H groups in total. The van der Waals surface area contributed by atoms with Gasteiger partial charge in [0.2, 0.25) is 0 Å². The van der Waals surface area contributed by atoms with Crippen LogP contribution in [0.2, 0.25) is 0 Å². The molecule has 0 spiro atoms. The van der Waals surface area contributed by atoms with Crippen molar-refractivity contribution in [2.24, 2.45) is 7.05 Å². The first-order valence-electron chi connectivity index (χ1n) is 5.87. The highest BCUT2D eigenvalue weighted by Crippen LogP contribution is 2.14. The Morgan fingerprint density at radius 1 is 1.44 bits per heavy atom. The minimum Gasteiger partial charge on any atom is -0.408 e. The third-order valence-corrected chi connectivity index (χ3v) is 2.99. The molecule has 1 heterocycles. The van der Waals surface area contributed by atoms with E-state index >= 15 is 0 Å². The third kappa shape index (κ3) is 2.63. The minimum absolute atomic E-state index is 0.321. The van der Waals surface area contributed by atoms with Crippen LogP contribution in [0.5, 0.6) is 0 Å². The maximum Gasteiger partial charge on any atom is 0.419 e. The molecule has 0 aliphatic heterocycles. The molecule has 0 radical (unpaired) electrons. The highest BCUT2D eigenvalue weighted by molar-refractivity contribution is 5.73. The predicted octanol–water partition coefficient (Wildman–Crippen LogP) is 1.21. The van der Waals surface area contributed by atoms with Gasteiger partial charge in [-0.3, -0.25) is 9.47 Å². The first-order chi connectivity index (χ1) is 8.61. The van der Waals surface area contributed by atoms with Crippen molar-refractivity contribution in [1.82, 2.24) is 9.47 Å². The highest BCUT2D eigenvalue weighted by Gasteiger charge is 2.06. The van der Waals surface area contributed by atoms with E-state index in [-0.39, 0.29) is 5.76 Å². The number of aryl methyl sites for hydroxylation is 1.